The van der Waals surface area contributed by atoms with E-state index in [2.05, 4.69) is 0 Å². The third kappa shape index (κ3) is 3.23. The van der Waals surface area contributed by atoms with Crippen LogP contribution in [0.5, 0.6) is 0 Å². The minimum absolute atomic E-state index is 0.104. The number of benzene rings is 1. The lowest BCUT2D eigenvalue weighted by Gasteiger charge is -2.27. The average molecular weight is 380 g/mol. The van der Waals surface area contributed by atoms with Crippen LogP contribution < -0.4 is 0 Å². The highest BCUT2D eigenvalue weighted by Gasteiger charge is 2.59. The van der Waals surface area contributed by atoms with E-state index in [1.807, 2.05) is 0 Å². The Bertz CT molecular complexity index is 736. The van der Waals surface area contributed by atoms with Crippen LogP contribution in [0.3, 0.4) is 0 Å². The number of carbonyl (C=O) groups excluding carboxylic acids is 2. The number of carboxylic acids is 1. The number of halogens is 1. The summed E-state index contributed by atoms with van der Waals surface area (Å²) < 4.78 is 0. The minimum Gasteiger partial charge on any atom is -0.481 e. The van der Waals surface area contributed by atoms with Gasteiger partial charge in [-0.1, -0.05) is 23.7 Å². The number of hydrogen-bond donors (Lipinski definition) is 1. The van der Waals surface area contributed by atoms with E-state index in [0.29, 0.717) is 18.1 Å². The maximum Gasteiger partial charge on any atom is 0.319 e. The molecule has 3 rings (SSSR count). The Kier molecular flexibility index (Phi) is 4.84. The Labute approximate surface area is 157 Å². The van der Waals surface area contributed by atoms with Gasteiger partial charge in [0.25, 0.3) is 0 Å². The predicted octanol–water partition coefficient (Wildman–Crippen LogP) is 1.41. The topological polar surface area (TPSA) is 81.2 Å². The van der Waals surface area contributed by atoms with Gasteiger partial charge in [-0.3, -0.25) is 9.59 Å². The molecule has 0 spiro atoms. The fourth-order valence-electron chi connectivity index (χ4n) is 3.87. The van der Waals surface area contributed by atoms with Gasteiger partial charge in [0.1, 0.15) is 5.41 Å². The normalized spacial score (nSPS) is 24.5. The first-order valence-corrected chi connectivity index (χ1v) is 8.82. The van der Waals surface area contributed by atoms with Crippen molar-refractivity contribution in [2.24, 2.45) is 11.3 Å². The van der Waals surface area contributed by atoms with Crippen molar-refractivity contribution < 1.29 is 19.5 Å². The zero-order chi connectivity index (χ0) is 19.1. The predicted molar refractivity (Wildman–Crippen MR) is 96.0 cm³/mol. The second kappa shape index (κ2) is 6.79. The molecule has 7 nitrogen and oxygen atoms in total. The van der Waals surface area contributed by atoms with Crippen LogP contribution in [0.15, 0.2) is 24.3 Å². The number of aliphatic carboxylic acids is 1. The van der Waals surface area contributed by atoms with E-state index in [1.54, 1.807) is 48.2 Å². The van der Waals surface area contributed by atoms with E-state index in [9.17, 15) is 19.5 Å². The molecule has 2 aliphatic rings. The summed E-state index contributed by atoms with van der Waals surface area (Å²) in [4.78, 5) is 41.5. The summed E-state index contributed by atoms with van der Waals surface area (Å²) >= 11 is 5.86. The van der Waals surface area contributed by atoms with Gasteiger partial charge in [0.05, 0.1) is 6.42 Å². The summed E-state index contributed by atoms with van der Waals surface area (Å²) in [5.74, 6) is -1.30. The second-order valence-electron chi connectivity index (χ2n) is 7.29. The zero-order valence-electron chi connectivity index (χ0n) is 14.8. The quantitative estimate of drug-likeness (QED) is 0.861. The fourth-order valence-corrected chi connectivity index (χ4v) is 4.00. The van der Waals surface area contributed by atoms with Crippen LogP contribution >= 0.6 is 11.6 Å². The van der Waals surface area contributed by atoms with Crippen molar-refractivity contribution in [2.45, 2.75) is 6.42 Å². The van der Waals surface area contributed by atoms with Gasteiger partial charge >= 0.3 is 12.0 Å². The third-order valence-electron chi connectivity index (χ3n) is 5.31. The highest BCUT2D eigenvalue weighted by molar-refractivity contribution is 6.30. The minimum atomic E-state index is -1.08. The molecule has 140 valence electrons. The molecule has 0 unspecified atom stereocenters. The highest BCUT2D eigenvalue weighted by Crippen LogP contribution is 2.43. The van der Waals surface area contributed by atoms with E-state index < -0.39 is 11.4 Å². The van der Waals surface area contributed by atoms with Gasteiger partial charge in [-0.2, -0.15) is 0 Å². The Balaban J connectivity index is 1.71. The molecular formula is C18H22ClN3O4. The van der Waals surface area contributed by atoms with E-state index in [-0.39, 0.29) is 37.4 Å². The molecule has 1 aromatic carbocycles. The van der Waals surface area contributed by atoms with E-state index in [1.165, 1.54) is 4.90 Å². The van der Waals surface area contributed by atoms with Crippen LogP contribution in [0.25, 0.3) is 0 Å². The molecule has 0 bridgehead atoms. The van der Waals surface area contributed by atoms with Crippen molar-refractivity contribution in [2.75, 3.05) is 40.3 Å². The van der Waals surface area contributed by atoms with Gasteiger partial charge in [-0.15, -0.1) is 0 Å². The molecule has 2 atom stereocenters. The summed E-state index contributed by atoms with van der Waals surface area (Å²) in [5.41, 5.74) is -0.244. The smallest absolute Gasteiger partial charge is 0.319 e. The maximum absolute atomic E-state index is 12.6. The van der Waals surface area contributed by atoms with Crippen LogP contribution in [0.4, 0.5) is 4.79 Å². The van der Waals surface area contributed by atoms with Crippen LogP contribution in [-0.4, -0.2) is 78.0 Å². The first-order chi connectivity index (χ1) is 12.2. The molecule has 0 aromatic heterocycles. The molecule has 0 saturated carbocycles. The van der Waals surface area contributed by atoms with Crippen molar-refractivity contribution in [3.63, 3.8) is 0 Å². The Morgan fingerprint density at radius 1 is 1.15 bits per heavy atom. The number of nitrogens with zero attached hydrogens (tertiary/aromatic N) is 3. The largest absolute Gasteiger partial charge is 0.481 e. The van der Waals surface area contributed by atoms with Gasteiger partial charge in [0.15, 0.2) is 0 Å². The second-order valence-corrected chi connectivity index (χ2v) is 7.73. The molecule has 0 aliphatic carbocycles. The fraction of sp³-hybridized carbons (Fsp3) is 0.500. The number of likely N-dealkylation sites (tertiary alicyclic amines) is 2. The molecular weight excluding hydrogens is 358 g/mol. The van der Waals surface area contributed by atoms with Gasteiger partial charge in [-0.25, -0.2) is 4.79 Å². The lowest BCUT2D eigenvalue weighted by atomic mass is 9.81. The third-order valence-corrected chi connectivity index (χ3v) is 5.56. The average Bonchev–Trinajstić information content (AvgIpc) is 3.11. The van der Waals surface area contributed by atoms with Crippen LogP contribution in [0, 0.1) is 11.3 Å². The zero-order valence-corrected chi connectivity index (χ0v) is 15.6. The Hall–Kier alpha value is -2.28. The van der Waals surface area contributed by atoms with E-state index in [4.69, 9.17) is 11.6 Å². The van der Waals surface area contributed by atoms with Crippen molar-refractivity contribution in [3.8, 4) is 0 Å². The summed E-state index contributed by atoms with van der Waals surface area (Å²) in [6.45, 7) is 0.981. The number of amides is 3. The standard InChI is InChI=1S/C18H22ClN3O4/c1-20(2)17(26)22-9-13-8-21(10-18(13,11-22)16(24)25)15(23)7-12-3-5-14(19)6-4-12/h3-6,13H,7-11H2,1-2H3,(H,24,25)/t13-,18-/m1/s1. The van der Waals surface area contributed by atoms with Gasteiger partial charge < -0.3 is 19.8 Å². The highest BCUT2D eigenvalue weighted by atomic mass is 35.5. The van der Waals surface area contributed by atoms with E-state index in [0.717, 1.165) is 5.56 Å². The number of carbonyl (C=O) groups is 3. The number of fused-ring (bicyclic) bond motifs is 1. The van der Waals surface area contributed by atoms with Gasteiger partial charge in [0.2, 0.25) is 5.91 Å². The van der Waals surface area contributed by atoms with Crippen LogP contribution in [-0.2, 0) is 16.0 Å². The summed E-state index contributed by atoms with van der Waals surface area (Å²) in [6, 6.07) is 6.85. The lowest BCUT2D eigenvalue weighted by molar-refractivity contribution is -0.149. The molecule has 0 radical (unpaired) electrons. The monoisotopic (exact) mass is 379 g/mol. The number of rotatable bonds is 3. The molecule has 1 N–H and O–H groups in total. The Morgan fingerprint density at radius 2 is 1.73 bits per heavy atom. The molecule has 2 saturated heterocycles. The molecule has 1 aromatic rings. The van der Waals surface area contributed by atoms with Gasteiger partial charge in [-0.05, 0) is 17.7 Å². The van der Waals surface area contributed by atoms with Crippen LogP contribution in [0.2, 0.25) is 5.02 Å². The summed E-state index contributed by atoms with van der Waals surface area (Å²) in [5, 5.41) is 10.4. The summed E-state index contributed by atoms with van der Waals surface area (Å²) in [7, 11) is 3.29. The molecule has 8 heteroatoms. The van der Waals surface area contributed by atoms with E-state index >= 15 is 0 Å². The molecule has 3 amide bonds. The maximum atomic E-state index is 12.6. The van der Waals surface area contributed by atoms with Crippen LogP contribution in [0.1, 0.15) is 5.56 Å². The Morgan fingerprint density at radius 3 is 2.27 bits per heavy atom. The van der Waals surface area contributed by atoms with Crippen molar-refractivity contribution in [1.29, 1.82) is 0 Å². The lowest BCUT2D eigenvalue weighted by Crippen LogP contribution is -2.45. The molecule has 26 heavy (non-hydrogen) atoms. The first kappa shape index (κ1) is 18.5. The van der Waals surface area contributed by atoms with Crippen molar-refractivity contribution in [3.05, 3.63) is 34.9 Å². The number of urea groups is 1. The van der Waals surface area contributed by atoms with Gasteiger partial charge in [0, 0.05) is 51.2 Å². The number of hydrogen-bond acceptors (Lipinski definition) is 3. The SMILES string of the molecule is CN(C)C(=O)N1C[C@H]2CN(C(=O)Cc3ccc(Cl)cc3)C[C@@]2(C(=O)O)C1. The van der Waals surface area contributed by atoms with Crippen molar-refractivity contribution in [1.82, 2.24) is 14.7 Å². The number of carboxylic acid groups (broad SMARTS) is 1. The van der Waals surface area contributed by atoms with Crippen molar-refractivity contribution >= 4 is 29.5 Å². The molecule has 2 aliphatic heterocycles. The summed E-state index contributed by atoms with van der Waals surface area (Å²) in [6.07, 6.45) is 0.208. The first-order valence-electron chi connectivity index (χ1n) is 8.45. The molecule has 2 fully saturated rings. The molecule has 2 heterocycles.